The molecule has 18 heavy (non-hydrogen) atoms. The summed E-state index contributed by atoms with van der Waals surface area (Å²) in [6, 6.07) is 0. The monoisotopic (exact) mass is 248 g/mol. The van der Waals surface area contributed by atoms with Gasteiger partial charge in [-0.1, -0.05) is 13.8 Å². The molecule has 3 unspecified atom stereocenters. The van der Waals surface area contributed by atoms with Crippen LogP contribution in [0.1, 0.15) is 62.7 Å². The Labute approximate surface area is 109 Å². The highest BCUT2D eigenvalue weighted by molar-refractivity contribution is 5.22. The molecule has 1 N–H and O–H groups in total. The van der Waals surface area contributed by atoms with Crippen molar-refractivity contribution >= 4 is 0 Å². The number of aromatic amines is 1. The first-order chi connectivity index (χ1) is 8.72. The van der Waals surface area contributed by atoms with Gasteiger partial charge in [0.1, 0.15) is 5.82 Å². The molecule has 2 aliphatic rings. The number of nitrogens with one attached hydrogen (secondary N) is 1. The van der Waals surface area contributed by atoms with Gasteiger partial charge in [0.2, 0.25) is 0 Å². The van der Waals surface area contributed by atoms with Gasteiger partial charge in [-0.2, -0.15) is 0 Å². The van der Waals surface area contributed by atoms with Crippen LogP contribution in [0.25, 0.3) is 0 Å². The van der Waals surface area contributed by atoms with Gasteiger partial charge >= 0.3 is 0 Å². The Morgan fingerprint density at radius 3 is 3.00 bits per heavy atom. The molecule has 0 aromatic carbocycles. The van der Waals surface area contributed by atoms with Crippen molar-refractivity contribution in [1.82, 2.24) is 9.97 Å². The number of aromatic nitrogens is 2. The van der Waals surface area contributed by atoms with Gasteiger partial charge in [-0.15, -0.1) is 0 Å². The Bertz CT molecular complexity index is 407. The molecule has 0 bridgehead atoms. The van der Waals surface area contributed by atoms with Crippen LogP contribution in [0.15, 0.2) is 0 Å². The summed E-state index contributed by atoms with van der Waals surface area (Å²) in [7, 11) is 0. The molecule has 0 amide bonds. The largest absolute Gasteiger partial charge is 0.378 e. The number of nitrogens with zero attached hydrogens (tertiary/aromatic N) is 1. The van der Waals surface area contributed by atoms with E-state index in [1.165, 1.54) is 37.1 Å². The number of hydrogen-bond donors (Lipinski definition) is 1. The minimum absolute atomic E-state index is 0.388. The van der Waals surface area contributed by atoms with Crippen LogP contribution in [-0.2, 0) is 17.6 Å². The first-order valence-corrected chi connectivity index (χ1v) is 7.41. The fourth-order valence-electron chi connectivity index (χ4n) is 3.47. The maximum atomic E-state index is 5.80. The molecule has 1 saturated heterocycles. The summed E-state index contributed by atoms with van der Waals surface area (Å²) in [5.41, 5.74) is 2.70. The molecule has 0 spiro atoms. The zero-order chi connectivity index (χ0) is 12.5. The van der Waals surface area contributed by atoms with Gasteiger partial charge in [0.15, 0.2) is 0 Å². The average Bonchev–Trinajstić information content (AvgIpc) is 2.73. The maximum Gasteiger partial charge on any atom is 0.109 e. The van der Waals surface area contributed by atoms with Gasteiger partial charge in [0.05, 0.1) is 11.8 Å². The fraction of sp³-hybridized carbons (Fsp3) is 0.800. The Balaban J connectivity index is 1.72. The van der Waals surface area contributed by atoms with E-state index in [4.69, 9.17) is 9.72 Å². The van der Waals surface area contributed by atoms with Crippen LogP contribution >= 0.6 is 0 Å². The zero-order valence-electron chi connectivity index (χ0n) is 11.5. The molecule has 1 aromatic rings. The van der Waals surface area contributed by atoms with Gasteiger partial charge in [-0.05, 0) is 38.0 Å². The first-order valence-electron chi connectivity index (χ1n) is 7.41. The third-order valence-corrected chi connectivity index (χ3v) is 4.33. The van der Waals surface area contributed by atoms with Crippen LogP contribution in [0.5, 0.6) is 0 Å². The van der Waals surface area contributed by atoms with Crippen molar-refractivity contribution in [3.8, 4) is 0 Å². The number of H-pyrrole nitrogens is 1. The van der Waals surface area contributed by atoms with Crippen LogP contribution < -0.4 is 0 Å². The summed E-state index contributed by atoms with van der Waals surface area (Å²) in [6.45, 7) is 5.57. The molecule has 0 radical (unpaired) electrons. The quantitative estimate of drug-likeness (QED) is 0.872. The minimum Gasteiger partial charge on any atom is -0.378 e. The molecule has 0 saturated carbocycles. The average molecular weight is 248 g/mol. The molecule has 2 heterocycles. The molecule has 1 fully saturated rings. The predicted octanol–water partition coefficient (Wildman–Crippen LogP) is 3.21. The normalized spacial score (nSPS) is 32.2. The van der Waals surface area contributed by atoms with Crippen molar-refractivity contribution in [2.24, 2.45) is 5.92 Å². The first kappa shape index (κ1) is 12.2. The highest BCUT2D eigenvalue weighted by Crippen LogP contribution is 2.33. The van der Waals surface area contributed by atoms with Crippen LogP contribution in [0.4, 0.5) is 0 Å². The lowest BCUT2D eigenvalue weighted by Gasteiger charge is -2.22. The number of imidazole rings is 1. The fourth-order valence-corrected chi connectivity index (χ4v) is 3.47. The topological polar surface area (TPSA) is 37.9 Å². The van der Waals surface area contributed by atoms with E-state index < -0.39 is 0 Å². The van der Waals surface area contributed by atoms with Crippen LogP contribution in [-0.4, -0.2) is 22.7 Å². The van der Waals surface area contributed by atoms with Crippen LogP contribution in [0.2, 0.25) is 0 Å². The third-order valence-electron chi connectivity index (χ3n) is 4.33. The lowest BCUT2D eigenvalue weighted by molar-refractivity contribution is 0.0157. The lowest BCUT2D eigenvalue weighted by atomic mass is 9.84. The highest BCUT2D eigenvalue weighted by atomic mass is 16.5. The minimum atomic E-state index is 0.388. The highest BCUT2D eigenvalue weighted by Gasteiger charge is 2.26. The summed E-state index contributed by atoms with van der Waals surface area (Å²) in [5.74, 6) is 2.54. The van der Waals surface area contributed by atoms with Crippen molar-refractivity contribution in [2.75, 3.05) is 6.61 Å². The van der Waals surface area contributed by atoms with Gasteiger partial charge in [-0.25, -0.2) is 4.98 Å². The molecule has 3 heteroatoms. The second-order valence-electron chi connectivity index (χ2n) is 6.19. The lowest BCUT2D eigenvalue weighted by Crippen LogP contribution is -2.21. The number of rotatable bonds is 2. The van der Waals surface area contributed by atoms with E-state index in [1.807, 2.05) is 0 Å². The van der Waals surface area contributed by atoms with E-state index in [0.29, 0.717) is 12.0 Å². The van der Waals surface area contributed by atoms with E-state index in [9.17, 15) is 0 Å². The summed E-state index contributed by atoms with van der Waals surface area (Å²) >= 11 is 0. The van der Waals surface area contributed by atoms with Crippen LogP contribution in [0.3, 0.4) is 0 Å². The molecule has 1 aliphatic carbocycles. The third kappa shape index (κ3) is 2.46. The van der Waals surface area contributed by atoms with E-state index in [2.05, 4.69) is 18.8 Å². The summed E-state index contributed by atoms with van der Waals surface area (Å²) in [6.07, 6.45) is 7.51. The Morgan fingerprint density at radius 2 is 2.22 bits per heavy atom. The zero-order valence-corrected chi connectivity index (χ0v) is 11.5. The summed E-state index contributed by atoms with van der Waals surface area (Å²) in [4.78, 5) is 8.38. The number of fused-ring (bicyclic) bond motifs is 1. The van der Waals surface area contributed by atoms with Crippen molar-refractivity contribution < 1.29 is 4.74 Å². The van der Waals surface area contributed by atoms with E-state index in [0.717, 1.165) is 31.2 Å². The van der Waals surface area contributed by atoms with Gasteiger partial charge in [0, 0.05) is 24.6 Å². The van der Waals surface area contributed by atoms with Gasteiger partial charge in [0.25, 0.3) is 0 Å². The molecular formula is C15H24N2O. The van der Waals surface area contributed by atoms with Crippen LogP contribution in [0, 0.1) is 5.92 Å². The van der Waals surface area contributed by atoms with E-state index in [1.54, 1.807) is 0 Å². The molecule has 3 atom stereocenters. The Kier molecular flexibility index (Phi) is 3.42. The standard InChI is InChI=1S/C15H24N2O/c1-10-7-11(2)15-13(8-10)16-14(17-15)9-12-5-3-4-6-18-12/h10-12H,3-9H2,1-2H3,(H,16,17). The smallest absolute Gasteiger partial charge is 0.109 e. The van der Waals surface area contributed by atoms with Gasteiger partial charge in [-0.3, -0.25) is 0 Å². The molecular weight excluding hydrogens is 224 g/mol. The molecule has 1 aliphatic heterocycles. The molecule has 3 nitrogen and oxygen atoms in total. The van der Waals surface area contributed by atoms with Crippen molar-refractivity contribution in [1.29, 1.82) is 0 Å². The van der Waals surface area contributed by atoms with Crippen molar-refractivity contribution in [3.63, 3.8) is 0 Å². The second-order valence-corrected chi connectivity index (χ2v) is 6.19. The van der Waals surface area contributed by atoms with E-state index >= 15 is 0 Å². The predicted molar refractivity (Wildman–Crippen MR) is 71.8 cm³/mol. The van der Waals surface area contributed by atoms with E-state index in [-0.39, 0.29) is 0 Å². The molecule has 1 aromatic heterocycles. The van der Waals surface area contributed by atoms with Crippen molar-refractivity contribution in [3.05, 3.63) is 17.2 Å². The SMILES string of the molecule is CC1Cc2[nH]c(CC3CCCCO3)nc2C(C)C1. The summed E-state index contributed by atoms with van der Waals surface area (Å²) in [5, 5.41) is 0. The number of hydrogen-bond acceptors (Lipinski definition) is 2. The Morgan fingerprint density at radius 1 is 1.33 bits per heavy atom. The number of ether oxygens (including phenoxy) is 1. The van der Waals surface area contributed by atoms with Crippen molar-refractivity contribution in [2.45, 2.75) is 64.4 Å². The molecule has 100 valence electrons. The summed E-state index contributed by atoms with van der Waals surface area (Å²) < 4.78 is 5.80. The van der Waals surface area contributed by atoms with Gasteiger partial charge < -0.3 is 9.72 Å². The second kappa shape index (κ2) is 5.04. The molecule has 3 rings (SSSR count). The maximum absolute atomic E-state index is 5.80. The Hall–Kier alpha value is -0.830.